The van der Waals surface area contributed by atoms with Gasteiger partial charge in [0.2, 0.25) is 11.8 Å². The molecule has 4 N–H and O–H groups in total. The second kappa shape index (κ2) is 13.6. The molecule has 0 fully saturated rings. The van der Waals surface area contributed by atoms with Crippen LogP contribution in [0.1, 0.15) is 39.5 Å². The fourth-order valence-electron chi connectivity index (χ4n) is 2.00. The Morgan fingerprint density at radius 3 is 1.52 bits per heavy atom. The van der Waals surface area contributed by atoms with Crippen LogP contribution >= 0.6 is 0 Å². The Kier molecular flexibility index (Phi) is 12.7. The molecule has 0 bridgehead atoms. The number of hydrogen-bond donors (Lipinski definition) is 4. The minimum Gasteiger partial charge on any atom is -0.394 e. The van der Waals surface area contributed by atoms with Crippen molar-refractivity contribution in [3.8, 4) is 0 Å². The van der Waals surface area contributed by atoms with Crippen LogP contribution in [-0.2, 0) is 14.3 Å². The first kappa shape index (κ1) is 23.3. The summed E-state index contributed by atoms with van der Waals surface area (Å²) < 4.78 is 5.50. The molecule has 0 saturated heterocycles. The Bertz CT molecular complexity index is 411. The van der Waals surface area contributed by atoms with E-state index in [1.54, 1.807) is 13.8 Å². The molecule has 0 aromatic carbocycles. The fraction of sp³-hybridized carbons (Fsp3) is 0.667. The largest absolute Gasteiger partial charge is 0.394 e. The normalized spacial score (nSPS) is 13.0. The van der Waals surface area contributed by atoms with Crippen LogP contribution in [0.5, 0.6) is 0 Å². The molecule has 0 heterocycles. The molecule has 2 unspecified atom stereocenters. The van der Waals surface area contributed by atoms with Gasteiger partial charge in [-0.3, -0.25) is 9.59 Å². The van der Waals surface area contributed by atoms with E-state index in [4.69, 9.17) is 4.74 Å². The molecular weight excluding hydrogens is 324 g/mol. The molecule has 144 valence electrons. The maximum absolute atomic E-state index is 11.5. The number of hydrogen-bond acceptors (Lipinski definition) is 5. The number of aliphatic hydroxyl groups is 2. The van der Waals surface area contributed by atoms with Gasteiger partial charge in [0.15, 0.2) is 0 Å². The van der Waals surface area contributed by atoms with E-state index < -0.39 is 0 Å². The Morgan fingerprint density at radius 2 is 1.24 bits per heavy atom. The Morgan fingerprint density at radius 1 is 0.880 bits per heavy atom. The van der Waals surface area contributed by atoms with Gasteiger partial charge < -0.3 is 25.6 Å². The predicted octanol–water partition coefficient (Wildman–Crippen LogP) is 0.670. The molecule has 7 nitrogen and oxygen atoms in total. The number of rotatable bonds is 14. The Balaban J connectivity index is 3.80. The molecule has 0 aromatic rings. The molecule has 0 rings (SSSR count). The van der Waals surface area contributed by atoms with Crippen molar-refractivity contribution >= 4 is 11.8 Å². The van der Waals surface area contributed by atoms with E-state index in [0.717, 1.165) is 0 Å². The van der Waals surface area contributed by atoms with Gasteiger partial charge in [0.25, 0.3) is 0 Å². The maximum atomic E-state index is 11.5. The third-order valence-corrected chi connectivity index (χ3v) is 3.57. The summed E-state index contributed by atoms with van der Waals surface area (Å²) >= 11 is 0. The second-order valence-electron chi connectivity index (χ2n) is 6.16. The lowest BCUT2D eigenvalue weighted by atomic mass is 10.1. The van der Waals surface area contributed by atoms with Gasteiger partial charge in [-0.25, -0.2) is 0 Å². The van der Waals surface area contributed by atoms with Crippen LogP contribution in [-0.4, -0.2) is 60.5 Å². The van der Waals surface area contributed by atoms with Crippen molar-refractivity contribution in [2.75, 3.05) is 26.4 Å². The number of carbonyl (C=O) groups is 2. The van der Waals surface area contributed by atoms with Crippen molar-refractivity contribution in [2.45, 2.75) is 51.6 Å². The topological polar surface area (TPSA) is 108 Å². The molecule has 0 saturated carbocycles. The second-order valence-corrected chi connectivity index (χ2v) is 6.16. The number of nitrogens with one attached hydrogen (secondary N) is 2. The third kappa shape index (κ3) is 11.5. The predicted molar refractivity (Wildman–Crippen MR) is 96.9 cm³/mol. The molecule has 0 radical (unpaired) electrons. The Hall–Kier alpha value is -1.70. The van der Waals surface area contributed by atoms with Crippen LogP contribution in [0.15, 0.2) is 24.3 Å². The lowest BCUT2D eigenvalue weighted by molar-refractivity contribution is -0.119. The van der Waals surface area contributed by atoms with Crippen molar-refractivity contribution in [1.82, 2.24) is 10.6 Å². The first-order chi connectivity index (χ1) is 11.8. The van der Waals surface area contributed by atoms with Gasteiger partial charge in [-0.15, -0.1) is 0 Å². The van der Waals surface area contributed by atoms with Crippen LogP contribution in [0, 0.1) is 0 Å². The van der Waals surface area contributed by atoms with Gasteiger partial charge >= 0.3 is 0 Å². The molecule has 25 heavy (non-hydrogen) atoms. The summed E-state index contributed by atoms with van der Waals surface area (Å²) in [6.07, 6.45) is 2.64. The van der Waals surface area contributed by atoms with Crippen LogP contribution in [0.3, 0.4) is 0 Å². The van der Waals surface area contributed by atoms with E-state index in [1.165, 1.54) is 0 Å². The van der Waals surface area contributed by atoms with E-state index in [9.17, 15) is 19.8 Å². The third-order valence-electron chi connectivity index (χ3n) is 3.57. The molecule has 0 aliphatic rings. The van der Waals surface area contributed by atoms with E-state index in [1.807, 2.05) is 0 Å². The standard InChI is InChI=1S/C18H32N2O5/c1-13(2)17(23)19-15(11-21)7-5-9-25-10-6-8-16(12-22)20-18(24)14(3)4/h15-16,21-22H,1,3,5-12H2,2,4H3,(H,19,23)(H,20,24). The van der Waals surface area contributed by atoms with Crippen LogP contribution in [0.4, 0.5) is 0 Å². The molecule has 0 aliphatic carbocycles. The highest BCUT2D eigenvalue weighted by Gasteiger charge is 2.12. The molecule has 2 atom stereocenters. The summed E-state index contributed by atoms with van der Waals surface area (Å²) in [4.78, 5) is 23.0. The molecule has 7 heteroatoms. The molecule has 2 amide bonds. The average Bonchev–Trinajstić information content (AvgIpc) is 2.57. The van der Waals surface area contributed by atoms with Crippen molar-refractivity contribution in [3.63, 3.8) is 0 Å². The first-order valence-corrected chi connectivity index (χ1v) is 8.54. The number of amides is 2. The van der Waals surface area contributed by atoms with E-state index in [0.29, 0.717) is 50.0 Å². The minimum absolute atomic E-state index is 0.125. The van der Waals surface area contributed by atoms with Crippen molar-refractivity contribution in [3.05, 3.63) is 24.3 Å². The lowest BCUT2D eigenvalue weighted by Gasteiger charge is -2.17. The number of aliphatic hydroxyl groups excluding tert-OH is 2. The lowest BCUT2D eigenvalue weighted by Crippen LogP contribution is -2.38. The van der Waals surface area contributed by atoms with E-state index >= 15 is 0 Å². The zero-order valence-corrected chi connectivity index (χ0v) is 15.3. The highest BCUT2D eigenvalue weighted by atomic mass is 16.5. The maximum Gasteiger partial charge on any atom is 0.246 e. The highest BCUT2D eigenvalue weighted by molar-refractivity contribution is 5.92. The zero-order valence-electron chi connectivity index (χ0n) is 15.3. The molecule has 0 spiro atoms. The van der Waals surface area contributed by atoms with Crippen LogP contribution in [0.2, 0.25) is 0 Å². The van der Waals surface area contributed by atoms with E-state index in [2.05, 4.69) is 23.8 Å². The van der Waals surface area contributed by atoms with Gasteiger partial charge in [0.1, 0.15) is 0 Å². The van der Waals surface area contributed by atoms with Crippen molar-refractivity contribution in [2.24, 2.45) is 0 Å². The van der Waals surface area contributed by atoms with Gasteiger partial charge in [-0.2, -0.15) is 0 Å². The minimum atomic E-state index is -0.302. The SMILES string of the molecule is C=C(C)C(=O)NC(CO)CCCOCCCC(CO)NC(=O)C(=C)C. The monoisotopic (exact) mass is 356 g/mol. The summed E-state index contributed by atoms with van der Waals surface area (Å²) in [5.41, 5.74) is 0.818. The molecule has 0 aromatic heterocycles. The first-order valence-electron chi connectivity index (χ1n) is 8.54. The molecule has 0 aliphatic heterocycles. The van der Waals surface area contributed by atoms with Crippen LogP contribution in [0.25, 0.3) is 0 Å². The highest BCUT2D eigenvalue weighted by Crippen LogP contribution is 2.02. The van der Waals surface area contributed by atoms with Gasteiger partial charge in [-0.05, 0) is 39.5 Å². The van der Waals surface area contributed by atoms with Gasteiger partial charge in [0.05, 0.1) is 25.3 Å². The fourth-order valence-corrected chi connectivity index (χ4v) is 2.00. The summed E-state index contributed by atoms with van der Waals surface area (Å²) in [5.74, 6) is -0.515. The number of carbonyl (C=O) groups excluding carboxylic acids is 2. The van der Waals surface area contributed by atoms with Crippen LogP contribution < -0.4 is 10.6 Å². The van der Waals surface area contributed by atoms with Gasteiger partial charge in [-0.1, -0.05) is 13.2 Å². The number of ether oxygens (including phenoxy) is 1. The Labute approximate surface area is 150 Å². The average molecular weight is 356 g/mol. The molecular formula is C18H32N2O5. The summed E-state index contributed by atoms with van der Waals surface area (Å²) in [6.45, 7) is 11.1. The smallest absolute Gasteiger partial charge is 0.246 e. The van der Waals surface area contributed by atoms with Crippen molar-refractivity contribution < 1.29 is 24.5 Å². The van der Waals surface area contributed by atoms with Gasteiger partial charge in [0, 0.05) is 24.4 Å². The quantitative estimate of drug-likeness (QED) is 0.270. The van der Waals surface area contributed by atoms with Crippen molar-refractivity contribution in [1.29, 1.82) is 0 Å². The summed E-state index contributed by atoms with van der Waals surface area (Å²) in [6, 6.07) is -0.604. The summed E-state index contributed by atoms with van der Waals surface area (Å²) in [5, 5.41) is 23.9. The van der Waals surface area contributed by atoms with E-state index in [-0.39, 0.29) is 37.1 Å². The zero-order chi connectivity index (χ0) is 19.2. The summed E-state index contributed by atoms with van der Waals surface area (Å²) in [7, 11) is 0.